The molecule has 140 valence electrons. The molecule has 5 nitrogen and oxygen atoms in total. The highest BCUT2D eigenvalue weighted by Crippen LogP contribution is 2.33. The van der Waals surface area contributed by atoms with Gasteiger partial charge in [-0.1, -0.05) is 49.6 Å². The molecule has 0 spiro atoms. The van der Waals surface area contributed by atoms with Crippen LogP contribution in [0.3, 0.4) is 0 Å². The van der Waals surface area contributed by atoms with Crippen molar-refractivity contribution >= 4 is 16.1 Å². The molecule has 1 aliphatic rings. The average Bonchev–Trinajstić information content (AvgIpc) is 2.58. The maximum atomic E-state index is 12.6. The van der Waals surface area contributed by atoms with Crippen molar-refractivity contribution in [2.75, 3.05) is 0 Å². The van der Waals surface area contributed by atoms with Crippen LogP contribution in [0.4, 0.5) is 13.2 Å². The van der Waals surface area contributed by atoms with E-state index >= 15 is 0 Å². The smallest absolute Gasteiger partial charge is 0.459 e. The maximum Gasteiger partial charge on any atom is 0.523 e. The zero-order valence-corrected chi connectivity index (χ0v) is 14.2. The van der Waals surface area contributed by atoms with Gasteiger partial charge in [0.1, 0.15) is 6.61 Å². The Balaban J connectivity index is 2.11. The molecule has 1 unspecified atom stereocenters. The minimum Gasteiger partial charge on any atom is -0.459 e. The van der Waals surface area contributed by atoms with Crippen LogP contribution in [-0.4, -0.2) is 26.0 Å². The highest BCUT2D eigenvalue weighted by molar-refractivity contribution is 7.87. The predicted molar refractivity (Wildman–Crippen MR) is 82.7 cm³/mol. The van der Waals surface area contributed by atoms with Gasteiger partial charge in [0, 0.05) is 0 Å². The van der Waals surface area contributed by atoms with Crippen LogP contribution in [0.25, 0.3) is 0 Å². The highest BCUT2D eigenvalue weighted by Gasteiger charge is 2.51. The van der Waals surface area contributed by atoms with Gasteiger partial charge in [-0.15, -0.1) is 0 Å². The van der Waals surface area contributed by atoms with Crippen molar-refractivity contribution in [2.24, 2.45) is 5.92 Å². The first-order chi connectivity index (χ1) is 11.7. The number of hydrogen-bond acceptors (Lipinski definition) is 5. The van der Waals surface area contributed by atoms with E-state index in [1.54, 1.807) is 30.3 Å². The molecule has 0 aromatic heterocycles. The Bertz CT molecular complexity index is 667. The number of carbonyl (C=O) groups excluding carboxylic acids is 1. The molecule has 0 heterocycles. The van der Waals surface area contributed by atoms with Crippen LogP contribution in [0.15, 0.2) is 30.3 Å². The molecule has 1 aliphatic carbocycles. The molecule has 0 amide bonds. The van der Waals surface area contributed by atoms with Crippen molar-refractivity contribution in [3.05, 3.63) is 35.9 Å². The lowest BCUT2D eigenvalue weighted by molar-refractivity contribution is -0.157. The molecule has 0 N–H and O–H groups in total. The summed E-state index contributed by atoms with van der Waals surface area (Å²) < 4.78 is 69.8. The van der Waals surface area contributed by atoms with Crippen LogP contribution in [0.1, 0.15) is 37.7 Å². The van der Waals surface area contributed by atoms with Gasteiger partial charge in [-0.2, -0.15) is 21.6 Å². The molecular formula is C16H19F3O5S. The van der Waals surface area contributed by atoms with Crippen molar-refractivity contribution in [2.45, 2.75) is 50.3 Å². The molecule has 0 bridgehead atoms. The summed E-state index contributed by atoms with van der Waals surface area (Å²) in [6.07, 6.45) is 1.33. The Morgan fingerprint density at radius 3 is 2.28 bits per heavy atom. The predicted octanol–water partition coefficient (Wildman–Crippen LogP) is 3.54. The van der Waals surface area contributed by atoms with E-state index in [1.807, 2.05) is 0 Å². The van der Waals surface area contributed by atoms with E-state index in [0.717, 1.165) is 6.42 Å². The molecule has 25 heavy (non-hydrogen) atoms. The van der Waals surface area contributed by atoms with Crippen molar-refractivity contribution in [3.8, 4) is 0 Å². The quantitative estimate of drug-likeness (QED) is 0.429. The van der Waals surface area contributed by atoms with E-state index in [1.165, 1.54) is 0 Å². The molecule has 1 aromatic rings. The Morgan fingerprint density at radius 1 is 1.12 bits per heavy atom. The van der Waals surface area contributed by atoms with Crippen LogP contribution in [0, 0.1) is 5.92 Å². The molecular weight excluding hydrogens is 361 g/mol. The Labute approximate surface area is 144 Å². The third-order valence-corrected chi connectivity index (χ3v) is 5.08. The fourth-order valence-electron chi connectivity index (χ4n) is 2.75. The van der Waals surface area contributed by atoms with Gasteiger partial charge in [-0.25, -0.2) is 8.98 Å². The molecule has 0 saturated heterocycles. The maximum absolute atomic E-state index is 12.6. The van der Waals surface area contributed by atoms with E-state index in [-0.39, 0.29) is 6.61 Å². The van der Waals surface area contributed by atoms with Gasteiger partial charge in [0.15, 0.2) is 6.10 Å². The second kappa shape index (κ2) is 8.18. The van der Waals surface area contributed by atoms with Gasteiger partial charge < -0.3 is 4.74 Å². The summed E-state index contributed by atoms with van der Waals surface area (Å²) >= 11 is 0. The van der Waals surface area contributed by atoms with Crippen molar-refractivity contribution in [3.63, 3.8) is 0 Å². The number of rotatable bonds is 6. The highest BCUT2D eigenvalue weighted by atomic mass is 32.2. The van der Waals surface area contributed by atoms with E-state index < -0.39 is 33.6 Å². The largest absolute Gasteiger partial charge is 0.523 e. The van der Waals surface area contributed by atoms with Crippen molar-refractivity contribution < 1.29 is 35.3 Å². The summed E-state index contributed by atoms with van der Waals surface area (Å²) in [5.74, 6) is -1.71. The van der Waals surface area contributed by atoms with E-state index in [9.17, 15) is 26.4 Å². The number of hydrogen-bond donors (Lipinski definition) is 0. The summed E-state index contributed by atoms with van der Waals surface area (Å²) in [6.45, 7) is -0.168. The van der Waals surface area contributed by atoms with Gasteiger partial charge in [0.2, 0.25) is 0 Å². The minimum atomic E-state index is -5.88. The number of ether oxygens (including phenoxy) is 1. The summed E-state index contributed by atoms with van der Waals surface area (Å²) in [4.78, 5) is 12.2. The molecule has 1 atom stereocenters. The molecule has 1 saturated carbocycles. The molecule has 1 fully saturated rings. The second-order valence-corrected chi connectivity index (χ2v) is 7.47. The van der Waals surface area contributed by atoms with E-state index in [4.69, 9.17) is 4.74 Å². The number of benzene rings is 1. The van der Waals surface area contributed by atoms with Crippen molar-refractivity contribution in [1.82, 2.24) is 0 Å². The normalized spacial score (nSPS) is 17.9. The molecule has 1 aromatic carbocycles. The van der Waals surface area contributed by atoms with Crippen LogP contribution in [0.5, 0.6) is 0 Å². The fourth-order valence-corrected chi connectivity index (χ4v) is 3.37. The molecule has 2 rings (SSSR count). The van der Waals surface area contributed by atoms with Gasteiger partial charge in [-0.05, 0) is 24.3 Å². The SMILES string of the molecule is O=C(OCc1ccccc1)C(OS(=O)(=O)C(F)(F)F)C1CCCCC1. The van der Waals surface area contributed by atoms with Gasteiger partial charge >= 0.3 is 21.6 Å². The third-order valence-electron chi connectivity index (χ3n) is 4.05. The standard InChI is InChI=1S/C16H19F3O5S/c17-16(18,19)25(21,22)24-14(13-9-5-2-6-10-13)15(20)23-11-12-7-3-1-4-8-12/h1,3-4,7-8,13-14H,2,5-6,9-11H2. The fraction of sp³-hybridized carbons (Fsp3) is 0.562. The average molecular weight is 380 g/mol. The summed E-state index contributed by atoms with van der Waals surface area (Å²) in [6, 6.07) is 8.54. The molecule has 0 radical (unpaired) electrons. The first-order valence-electron chi connectivity index (χ1n) is 7.91. The lowest BCUT2D eigenvalue weighted by atomic mass is 9.85. The zero-order chi connectivity index (χ0) is 18.5. The monoisotopic (exact) mass is 380 g/mol. The van der Waals surface area contributed by atoms with Crippen LogP contribution < -0.4 is 0 Å². The van der Waals surface area contributed by atoms with Gasteiger partial charge in [0.25, 0.3) is 0 Å². The van der Waals surface area contributed by atoms with Gasteiger partial charge in [0.05, 0.1) is 0 Å². The number of alkyl halides is 3. The lowest BCUT2D eigenvalue weighted by Gasteiger charge is -2.28. The lowest BCUT2D eigenvalue weighted by Crippen LogP contribution is -2.40. The summed E-state index contributed by atoms with van der Waals surface area (Å²) in [5.41, 5.74) is -4.95. The van der Waals surface area contributed by atoms with Crippen LogP contribution in [-0.2, 0) is 30.4 Å². The first kappa shape index (κ1) is 19.7. The van der Waals surface area contributed by atoms with Gasteiger partial charge in [-0.3, -0.25) is 0 Å². The van der Waals surface area contributed by atoms with Crippen LogP contribution >= 0.6 is 0 Å². The first-order valence-corrected chi connectivity index (χ1v) is 9.31. The summed E-state index contributed by atoms with van der Waals surface area (Å²) in [5, 5.41) is 0. The number of esters is 1. The molecule has 0 aliphatic heterocycles. The second-order valence-electron chi connectivity index (χ2n) is 5.91. The van der Waals surface area contributed by atoms with Crippen molar-refractivity contribution in [1.29, 1.82) is 0 Å². The van der Waals surface area contributed by atoms with Crippen LogP contribution in [0.2, 0.25) is 0 Å². The Hall–Kier alpha value is -1.61. The Kier molecular flexibility index (Phi) is 6.45. The number of carbonyl (C=O) groups is 1. The minimum absolute atomic E-state index is 0.168. The topological polar surface area (TPSA) is 69.7 Å². The van der Waals surface area contributed by atoms with E-state index in [2.05, 4.69) is 4.18 Å². The van der Waals surface area contributed by atoms with E-state index in [0.29, 0.717) is 31.2 Å². The molecule has 9 heteroatoms. The zero-order valence-electron chi connectivity index (χ0n) is 13.4. The summed E-state index contributed by atoms with van der Waals surface area (Å²) in [7, 11) is -5.88. The third kappa shape index (κ3) is 5.43. The Morgan fingerprint density at radius 2 is 1.72 bits per heavy atom. The number of halogens is 3.